The zero-order valence-electron chi connectivity index (χ0n) is 21.8. The van der Waals surface area contributed by atoms with Crippen LogP contribution < -0.4 is 19.5 Å². The van der Waals surface area contributed by atoms with E-state index in [-0.39, 0.29) is 22.9 Å². The van der Waals surface area contributed by atoms with Gasteiger partial charge in [0.2, 0.25) is 11.7 Å². The van der Waals surface area contributed by atoms with Crippen molar-refractivity contribution in [3.63, 3.8) is 0 Å². The van der Waals surface area contributed by atoms with Crippen molar-refractivity contribution in [2.45, 2.75) is 38.2 Å². The molecular formula is C29H32ClNO6S. The Hall–Kier alpha value is -3.36. The van der Waals surface area contributed by atoms with Crippen LogP contribution in [0.3, 0.4) is 0 Å². The lowest BCUT2D eigenvalue weighted by molar-refractivity contribution is -0.113. The highest BCUT2D eigenvalue weighted by Crippen LogP contribution is 2.45. The number of carbonyl (C=O) groups is 2. The smallest absolute Gasteiger partial charge is 0.339 e. The largest absolute Gasteiger partial charge is 0.490 e. The van der Waals surface area contributed by atoms with Crippen LogP contribution >= 0.6 is 23.4 Å². The molecule has 38 heavy (non-hydrogen) atoms. The number of rotatable bonds is 14. The molecule has 0 spiro atoms. The summed E-state index contributed by atoms with van der Waals surface area (Å²) in [4.78, 5) is 25.7. The minimum absolute atomic E-state index is 0.0584. The van der Waals surface area contributed by atoms with Gasteiger partial charge < -0.3 is 24.3 Å². The Morgan fingerprint density at radius 3 is 2.34 bits per heavy atom. The number of nitrogens with one attached hydrogen (secondary N) is 1. The standard InChI is InChI=1S/C29H32ClNO6S/c1-4-15-35-24-13-14-25(28(36-16-5-2)27(24)37-18-20-9-7-6-8-10-20)38-19-26(32)31-23-17-21(30)11-12-22(23)29(33)34-3/h6-14,17H,4-5,15-16,18-19H2,1-3H3,(H,31,32). The SMILES string of the molecule is CCCOc1ccc(SCC(=O)Nc2cc(Cl)ccc2C(=O)OC)c(OCCC)c1OCc1ccccc1. The third-order valence-electron chi connectivity index (χ3n) is 5.20. The summed E-state index contributed by atoms with van der Waals surface area (Å²) in [6.45, 7) is 5.40. The first-order valence-corrected chi connectivity index (χ1v) is 13.7. The van der Waals surface area contributed by atoms with E-state index in [1.807, 2.05) is 56.3 Å². The van der Waals surface area contributed by atoms with Crippen molar-refractivity contribution in [1.29, 1.82) is 0 Å². The summed E-state index contributed by atoms with van der Waals surface area (Å²) in [6.07, 6.45) is 1.64. The van der Waals surface area contributed by atoms with E-state index in [4.69, 9.17) is 30.5 Å². The van der Waals surface area contributed by atoms with Crippen molar-refractivity contribution in [3.05, 3.63) is 76.8 Å². The highest BCUT2D eigenvalue weighted by molar-refractivity contribution is 8.00. The van der Waals surface area contributed by atoms with Gasteiger partial charge in [0.05, 0.1) is 42.2 Å². The van der Waals surface area contributed by atoms with Crippen LogP contribution in [0.4, 0.5) is 5.69 Å². The first-order chi connectivity index (χ1) is 18.5. The second-order valence-electron chi connectivity index (χ2n) is 8.21. The molecule has 0 bridgehead atoms. The van der Waals surface area contributed by atoms with Gasteiger partial charge in [-0.05, 0) is 48.7 Å². The van der Waals surface area contributed by atoms with Gasteiger partial charge in [0.15, 0.2) is 11.5 Å². The summed E-state index contributed by atoms with van der Waals surface area (Å²) < 4.78 is 23.1. The average Bonchev–Trinajstić information content (AvgIpc) is 2.93. The summed E-state index contributed by atoms with van der Waals surface area (Å²) in [5.41, 5.74) is 1.51. The van der Waals surface area contributed by atoms with Gasteiger partial charge in [-0.3, -0.25) is 4.79 Å². The molecule has 3 aromatic carbocycles. The third kappa shape index (κ3) is 8.33. The fourth-order valence-corrected chi connectivity index (χ4v) is 4.39. The molecule has 0 unspecified atom stereocenters. The lowest BCUT2D eigenvalue weighted by Crippen LogP contribution is -2.17. The van der Waals surface area contributed by atoms with Crippen LogP contribution in [-0.4, -0.2) is 38.0 Å². The lowest BCUT2D eigenvalue weighted by atomic mass is 10.2. The molecule has 0 saturated carbocycles. The van der Waals surface area contributed by atoms with Crippen LogP contribution in [0.2, 0.25) is 5.02 Å². The molecule has 1 N–H and O–H groups in total. The molecule has 7 nitrogen and oxygen atoms in total. The van der Waals surface area contributed by atoms with E-state index >= 15 is 0 Å². The molecule has 0 fully saturated rings. The van der Waals surface area contributed by atoms with Gasteiger partial charge in [0.25, 0.3) is 0 Å². The Kier molecular flexibility index (Phi) is 11.6. The number of hydrogen-bond acceptors (Lipinski definition) is 7. The fourth-order valence-electron chi connectivity index (χ4n) is 3.41. The number of halogens is 1. The number of hydrogen-bond donors (Lipinski definition) is 1. The number of benzene rings is 3. The van der Waals surface area contributed by atoms with Gasteiger partial charge in [-0.2, -0.15) is 0 Å². The number of carbonyl (C=O) groups excluding carboxylic acids is 2. The zero-order valence-corrected chi connectivity index (χ0v) is 23.3. The van der Waals surface area contributed by atoms with Crippen molar-refractivity contribution in [3.8, 4) is 17.2 Å². The van der Waals surface area contributed by atoms with E-state index in [0.29, 0.717) is 42.1 Å². The average molecular weight is 558 g/mol. The molecule has 0 aliphatic carbocycles. The first kappa shape index (κ1) is 29.2. The van der Waals surface area contributed by atoms with Gasteiger partial charge in [0, 0.05) is 5.02 Å². The first-order valence-electron chi connectivity index (χ1n) is 12.4. The molecule has 0 aliphatic rings. The van der Waals surface area contributed by atoms with Gasteiger partial charge in [-0.1, -0.05) is 55.8 Å². The Morgan fingerprint density at radius 1 is 0.895 bits per heavy atom. The predicted molar refractivity (Wildman–Crippen MR) is 151 cm³/mol. The number of methoxy groups -OCH3 is 1. The van der Waals surface area contributed by atoms with E-state index < -0.39 is 5.97 Å². The second-order valence-corrected chi connectivity index (χ2v) is 9.66. The highest BCUT2D eigenvalue weighted by atomic mass is 35.5. The molecule has 0 saturated heterocycles. The van der Waals surface area contributed by atoms with E-state index in [1.54, 1.807) is 6.07 Å². The molecule has 0 atom stereocenters. The molecule has 0 heterocycles. The third-order valence-corrected chi connectivity index (χ3v) is 6.47. The molecule has 202 valence electrons. The maximum Gasteiger partial charge on any atom is 0.339 e. The Labute approximate surface area is 232 Å². The summed E-state index contributed by atoms with van der Waals surface area (Å²) in [6, 6.07) is 18.1. The number of ether oxygens (including phenoxy) is 4. The zero-order chi connectivity index (χ0) is 27.3. The molecule has 9 heteroatoms. The van der Waals surface area contributed by atoms with Crippen LogP contribution in [-0.2, 0) is 16.1 Å². The molecule has 0 radical (unpaired) electrons. The summed E-state index contributed by atoms with van der Waals surface area (Å²) >= 11 is 7.38. The van der Waals surface area contributed by atoms with Gasteiger partial charge >= 0.3 is 5.97 Å². The maximum atomic E-state index is 12.9. The quantitative estimate of drug-likeness (QED) is 0.168. The molecule has 3 aromatic rings. The van der Waals surface area contributed by atoms with Crippen LogP contribution in [0.15, 0.2) is 65.6 Å². The highest BCUT2D eigenvalue weighted by Gasteiger charge is 2.20. The normalized spacial score (nSPS) is 10.5. The lowest BCUT2D eigenvalue weighted by Gasteiger charge is -2.19. The van der Waals surface area contributed by atoms with Crippen molar-refractivity contribution < 1.29 is 28.5 Å². The molecule has 0 aromatic heterocycles. The monoisotopic (exact) mass is 557 g/mol. The van der Waals surface area contributed by atoms with Gasteiger partial charge in [0.1, 0.15) is 6.61 Å². The van der Waals surface area contributed by atoms with Gasteiger partial charge in [-0.15, -0.1) is 11.8 Å². The number of thioether (sulfide) groups is 1. The minimum Gasteiger partial charge on any atom is -0.490 e. The van der Waals surface area contributed by atoms with Crippen molar-refractivity contribution >= 4 is 40.9 Å². The maximum absolute atomic E-state index is 12.9. The molecular weight excluding hydrogens is 526 g/mol. The van der Waals surface area contributed by atoms with E-state index in [1.165, 1.54) is 31.0 Å². The Morgan fingerprint density at radius 2 is 1.63 bits per heavy atom. The Balaban J connectivity index is 1.83. The van der Waals surface area contributed by atoms with Crippen molar-refractivity contribution in [1.82, 2.24) is 0 Å². The van der Waals surface area contributed by atoms with Crippen LogP contribution in [0, 0.1) is 0 Å². The van der Waals surface area contributed by atoms with Gasteiger partial charge in [-0.25, -0.2) is 4.79 Å². The second kappa shape index (κ2) is 15.1. The Bertz CT molecular complexity index is 1220. The van der Waals surface area contributed by atoms with E-state index in [2.05, 4.69) is 5.32 Å². The van der Waals surface area contributed by atoms with Crippen molar-refractivity contribution in [2.75, 3.05) is 31.4 Å². The number of anilines is 1. The molecule has 0 aliphatic heterocycles. The summed E-state index contributed by atoms with van der Waals surface area (Å²) in [7, 11) is 1.28. The van der Waals surface area contributed by atoms with Crippen LogP contribution in [0.5, 0.6) is 17.2 Å². The van der Waals surface area contributed by atoms with Crippen LogP contribution in [0.1, 0.15) is 42.6 Å². The van der Waals surface area contributed by atoms with E-state index in [9.17, 15) is 9.59 Å². The van der Waals surface area contributed by atoms with Crippen molar-refractivity contribution in [2.24, 2.45) is 0 Å². The van der Waals surface area contributed by atoms with Crippen LogP contribution in [0.25, 0.3) is 0 Å². The van der Waals surface area contributed by atoms with E-state index in [0.717, 1.165) is 23.3 Å². The summed E-state index contributed by atoms with van der Waals surface area (Å²) in [5, 5.41) is 3.15. The molecule has 1 amide bonds. The number of amides is 1. The predicted octanol–water partition coefficient (Wildman–Crippen LogP) is 7.01. The topological polar surface area (TPSA) is 83.1 Å². The number of esters is 1. The molecule has 3 rings (SSSR count). The summed E-state index contributed by atoms with van der Waals surface area (Å²) in [5.74, 6) is 0.799. The minimum atomic E-state index is -0.567. The fraction of sp³-hybridized carbons (Fsp3) is 0.310.